The predicted octanol–water partition coefficient (Wildman–Crippen LogP) is 2.26. The number of rotatable bonds is 6. The normalized spacial score (nSPS) is 15.2. The third-order valence-corrected chi connectivity index (χ3v) is 3.75. The lowest BCUT2D eigenvalue weighted by Gasteiger charge is -2.26. The topological polar surface area (TPSA) is 82.2 Å². The Bertz CT molecular complexity index is 478. The number of nitrogens with one attached hydrogen (secondary N) is 1. The highest BCUT2D eigenvalue weighted by Crippen LogP contribution is 2.28. The summed E-state index contributed by atoms with van der Waals surface area (Å²) in [6.07, 6.45) is 4.41. The zero-order chi connectivity index (χ0) is 14.7. The Hall–Kier alpha value is -1.72. The fraction of sp³-hybridized carbons (Fsp3) is 0.714. The Morgan fingerprint density at radius 1 is 1.55 bits per heavy atom. The largest absolute Gasteiger partial charge is 0.465 e. The van der Waals surface area contributed by atoms with E-state index in [0.29, 0.717) is 35.7 Å². The van der Waals surface area contributed by atoms with E-state index in [4.69, 9.17) is 10.5 Å². The van der Waals surface area contributed by atoms with Gasteiger partial charge in [-0.2, -0.15) is 5.10 Å². The Morgan fingerprint density at radius 3 is 2.75 bits per heavy atom. The lowest BCUT2D eigenvalue weighted by atomic mass is 9.93. The summed E-state index contributed by atoms with van der Waals surface area (Å²) in [4.78, 5) is 11.9. The Kier molecular flexibility index (Phi) is 4.52. The molecule has 0 aromatic carbocycles. The molecule has 1 aromatic rings. The van der Waals surface area contributed by atoms with Crippen LogP contribution in [0.1, 0.15) is 49.9 Å². The van der Waals surface area contributed by atoms with E-state index >= 15 is 0 Å². The van der Waals surface area contributed by atoms with Crippen LogP contribution in [0.5, 0.6) is 0 Å². The second-order valence-electron chi connectivity index (χ2n) is 5.78. The molecule has 1 heterocycles. The number of nitrogens with two attached hydrogens (primary N) is 1. The van der Waals surface area contributed by atoms with Crippen LogP contribution in [-0.2, 0) is 11.3 Å². The van der Waals surface area contributed by atoms with Gasteiger partial charge in [0.05, 0.1) is 7.11 Å². The van der Waals surface area contributed by atoms with Gasteiger partial charge in [-0.15, -0.1) is 0 Å². The van der Waals surface area contributed by atoms with E-state index in [-0.39, 0.29) is 0 Å². The summed E-state index contributed by atoms with van der Waals surface area (Å²) in [7, 11) is 1.36. The highest BCUT2D eigenvalue weighted by Gasteiger charge is 2.26. The van der Waals surface area contributed by atoms with Crippen LogP contribution < -0.4 is 11.1 Å². The molecule has 1 saturated carbocycles. The standard InChI is InChI=1S/C14H24N4O2/c1-9(2)7-8-18-12(15)11(14(19)20-3)13(17-18)16-10-5-4-6-10/h9-10H,4-8,15H2,1-3H3,(H,16,17). The molecule has 0 atom stereocenters. The summed E-state index contributed by atoms with van der Waals surface area (Å²) in [5.41, 5.74) is 6.43. The van der Waals surface area contributed by atoms with Crippen molar-refractivity contribution in [3.05, 3.63) is 5.56 Å². The van der Waals surface area contributed by atoms with Gasteiger partial charge in [0.1, 0.15) is 11.4 Å². The van der Waals surface area contributed by atoms with Crippen molar-refractivity contribution in [2.24, 2.45) is 5.92 Å². The van der Waals surface area contributed by atoms with E-state index in [9.17, 15) is 4.79 Å². The van der Waals surface area contributed by atoms with Crippen LogP contribution in [0, 0.1) is 5.92 Å². The number of anilines is 2. The van der Waals surface area contributed by atoms with Crippen LogP contribution in [0.3, 0.4) is 0 Å². The highest BCUT2D eigenvalue weighted by molar-refractivity contribution is 5.99. The van der Waals surface area contributed by atoms with Gasteiger partial charge in [-0.3, -0.25) is 0 Å². The molecule has 1 aliphatic rings. The molecule has 112 valence electrons. The first-order valence-corrected chi connectivity index (χ1v) is 7.24. The number of carbonyl (C=O) groups excluding carboxylic acids is 1. The van der Waals surface area contributed by atoms with Crippen molar-refractivity contribution in [1.29, 1.82) is 0 Å². The number of aromatic nitrogens is 2. The van der Waals surface area contributed by atoms with E-state index in [0.717, 1.165) is 19.3 Å². The van der Waals surface area contributed by atoms with Gasteiger partial charge in [0.25, 0.3) is 0 Å². The van der Waals surface area contributed by atoms with Crippen LogP contribution >= 0.6 is 0 Å². The average Bonchev–Trinajstić information content (AvgIpc) is 2.67. The van der Waals surface area contributed by atoms with Crippen molar-refractivity contribution in [3.63, 3.8) is 0 Å². The van der Waals surface area contributed by atoms with E-state index in [1.807, 2.05) is 0 Å². The minimum absolute atomic E-state index is 0.364. The average molecular weight is 280 g/mol. The summed E-state index contributed by atoms with van der Waals surface area (Å²) in [5, 5.41) is 7.75. The van der Waals surface area contributed by atoms with Crippen molar-refractivity contribution < 1.29 is 9.53 Å². The zero-order valence-electron chi connectivity index (χ0n) is 12.5. The molecule has 3 N–H and O–H groups in total. The van der Waals surface area contributed by atoms with Crippen LogP contribution in [0.25, 0.3) is 0 Å². The summed E-state index contributed by atoms with van der Waals surface area (Å²) in [5.74, 6) is 1.07. The summed E-state index contributed by atoms with van der Waals surface area (Å²) >= 11 is 0. The lowest BCUT2D eigenvalue weighted by Crippen LogP contribution is -2.28. The Morgan fingerprint density at radius 2 is 2.25 bits per heavy atom. The number of nitrogens with zero attached hydrogens (tertiary/aromatic N) is 2. The SMILES string of the molecule is COC(=O)c1c(NC2CCC2)nn(CCC(C)C)c1N. The summed E-state index contributed by atoms with van der Waals surface area (Å²) < 4.78 is 6.52. The number of hydrogen-bond donors (Lipinski definition) is 2. The van der Waals surface area contributed by atoms with Crippen molar-refractivity contribution in [1.82, 2.24) is 9.78 Å². The maximum atomic E-state index is 11.9. The molecule has 0 amide bonds. The van der Waals surface area contributed by atoms with E-state index in [1.54, 1.807) is 4.68 Å². The minimum Gasteiger partial charge on any atom is -0.465 e. The molecule has 0 aliphatic heterocycles. The van der Waals surface area contributed by atoms with Crippen LogP contribution in [-0.4, -0.2) is 28.9 Å². The van der Waals surface area contributed by atoms with Crippen molar-refractivity contribution >= 4 is 17.6 Å². The highest BCUT2D eigenvalue weighted by atomic mass is 16.5. The van der Waals surface area contributed by atoms with Crippen molar-refractivity contribution in [3.8, 4) is 0 Å². The van der Waals surface area contributed by atoms with Gasteiger partial charge in [-0.1, -0.05) is 13.8 Å². The van der Waals surface area contributed by atoms with E-state index in [1.165, 1.54) is 13.5 Å². The van der Waals surface area contributed by atoms with Crippen LogP contribution in [0.2, 0.25) is 0 Å². The van der Waals surface area contributed by atoms with Crippen molar-refractivity contribution in [2.75, 3.05) is 18.2 Å². The second kappa shape index (κ2) is 6.15. The zero-order valence-corrected chi connectivity index (χ0v) is 12.5. The molecular formula is C14H24N4O2. The molecule has 0 bridgehead atoms. The smallest absolute Gasteiger partial charge is 0.345 e. The number of esters is 1. The molecule has 6 heteroatoms. The van der Waals surface area contributed by atoms with Crippen LogP contribution in [0.4, 0.5) is 11.6 Å². The predicted molar refractivity (Wildman–Crippen MR) is 78.7 cm³/mol. The molecule has 6 nitrogen and oxygen atoms in total. The molecule has 1 fully saturated rings. The molecule has 0 unspecified atom stereocenters. The van der Waals surface area contributed by atoms with E-state index < -0.39 is 5.97 Å². The fourth-order valence-corrected chi connectivity index (χ4v) is 2.18. The first kappa shape index (κ1) is 14.7. The first-order chi connectivity index (χ1) is 9.52. The van der Waals surface area contributed by atoms with Gasteiger partial charge in [-0.05, 0) is 31.6 Å². The third-order valence-electron chi connectivity index (χ3n) is 3.75. The van der Waals surface area contributed by atoms with Gasteiger partial charge in [0, 0.05) is 12.6 Å². The van der Waals surface area contributed by atoms with Gasteiger partial charge in [0.2, 0.25) is 0 Å². The quantitative estimate of drug-likeness (QED) is 0.781. The van der Waals surface area contributed by atoms with Gasteiger partial charge in [-0.25, -0.2) is 9.48 Å². The maximum absolute atomic E-state index is 11.9. The van der Waals surface area contributed by atoms with Gasteiger partial charge >= 0.3 is 5.97 Å². The van der Waals surface area contributed by atoms with Crippen molar-refractivity contribution in [2.45, 2.75) is 52.1 Å². The molecular weight excluding hydrogens is 256 g/mol. The molecule has 2 rings (SSSR count). The molecule has 0 radical (unpaired) electrons. The van der Waals surface area contributed by atoms with Crippen LogP contribution in [0.15, 0.2) is 0 Å². The number of hydrogen-bond acceptors (Lipinski definition) is 5. The monoisotopic (exact) mass is 280 g/mol. The summed E-state index contributed by atoms with van der Waals surface area (Å²) in [6.45, 7) is 5.00. The summed E-state index contributed by atoms with van der Waals surface area (Å²) in [6, 6.07) is 0.395. The number of carbonyl (C=O) groups is 1. The number of methoxy groups -OCH3 is 1. The number of nitrogen functional groups attached to an aromatic ring is 1. The number of aryl methyl sites for hydroxylation is 1. The van der Waals surface area contributed by atoms with Gasteiger partial charge < -0.3 is 15.8 Å². The van der Waals surface area contributed by atoms with E-state index in [2.05, 4.69) is 24.3 Å². The molecule has 20 heavy (non-hydrogen) atoms. The molecule has 1 aliphatic carbocycles. The fourth-order valence-electron chi connectivity index (χ4n) is 2.18. The Labute approximate surface area is 119 Å². The first-order valence-electron chi connectivity index (χ1n) is 7.24. The van der Waals surface area contributed by atoms with Gasteiger partial charge in [0.15, 0.2) is 5.82 Å². The minimum atomic E-state index is -0.430. The molecule has 0 spiro atoms. The maximum Gasteiger partial charge on any atom is 0.345 e. The second-order valence-corrected chi connectivity index (χ2v) is 5.78. The lowest BCUT2D eigenvalue weighted by molar-refractivity contribution is 0.0603. The third kappa shape index (κ3) is 3.05. The molecule has 0 saturated heterocycles. The Balaban J connectivity index is 2.22. The molecule has 1 aromatic heterocycles. The number of ether oxygens (including phenoxy) is 1.